The van der Waals surface area contributed by atoms with Crippen molar-refractivity contribution in [1.29, 1.82) is 0 Å². The maximum absolute atomic E-state index is 11.0. The largest absolute Gasteiger partial charge is 0.383 e. The van der Waals surface area contributed by atoms with E-state index in [9.17, 15) is 4.79 Å². The molecule has 0 aliphatic rings. The van der Waals surface area contributed by atoms with E-state index in [1.165, 1.54) is 0 Å². The van der Waals surface area contributed by atoms with Gasteiger partial charge in [-0.1, -0.05) is 6.07 Å². The summed E-state index contributed by atoms with van der Waals surface area (Å²) in [6.45, 7) is 4.12. The number of aromatic nitrogens is 2. The second-order valence-electron chi connectivity index (χ2n) is 4.17. The van der Waals surface area contributed by atoms with E-state index >= 15 is 0 Å². The lowest BCUT2D eigenvalue weighted by atomic mass is 10.2. The molecule has 2 aromatic rings. The van der Waals surface area contributed by atoms with Crippen LogP contribution in [0.5, 0.6) is 0 Å². The molecule has 0 saturated heterocycles. The minimum absolute atomic E-state index is 0.182. The van der Waals surface area contributed by atoms with Crippen molar-refractivity contribution in [3.05, 3.63) is 30.0 Å². The van der Waals surface area contributed by atoms with Gasteiger partial charge >= 0.3 is 0 Å². The first-order chi connectivity index (χ1) is 8.06. The Morgan fingerprint density at radius 1 is 1.29 bits per heavy atom. The van der Waals surface area contributed by atoms with Crippen molar-refractivity contribution in [3.63, 3.8) is 0 Å². The Kier molecular flexibility index (Phi) is 2.91. The van der Waals surface area contributed by atoms with Gasteiger partial charge in [-0.15, -0.1) is 10.2 Å². The fourth-order valence-corrected chi connectivity index (χ4v) is 1.58. The summed E-state index contributed by atoms with van der Waals surface area (Å²) in [7, 11) is 0. The van der Waals surface area contributed by atoms with E-state index in [4.69, 9.17) is 5.73 Å². The Bertz CT molecular complexity index is 565. The lowest BCUT2D eigenvalue weighted by molar-refractivity contribution is 0.0995. The van der Waals surface area contributed by atoms with Gasteiger partial charge in [-0.3, -0.25) is 4.79 Å². The van der Waals surface area contributed by atoms with E-state index in [0.717, 1.165) is 16.6 Å². The van der Waals surface area contributed by atoms with E-state index in [1.807, 2.05) is 18.2 Å². The number of nitrogens with two attached hydrogens (primary N) is 1. The Morgan fingerprint density at radius 3 is 2.71 bits per heavy atom. The fraction of sp³-hybridized carbons (Fsp3) is 0.250. The van der Waals surface area contributed by atoms with Gasteiger partial charge in [0.15, 0.2) is 5.69 Å². The van der Waals surface area contributed by atoms with E-state index in [0.29, 0.717) is 6.04 Å². The standard InChI is InChI=1S/C12H14N4O/c1-7(2)14-9-4-3-8-5-11(12(13)17)16-15-10(8)6-9/h3-7,14H,1-2H3,(H2,13,17). The monoisotopic (exact) mass is 230 g/mol. The summed E-state index contributed by atoms with van der Waals surface area (Å²) in [6, 6.07) is 7.72. The molecule has 0 aliphatic heterocycles. The predicted octanol–water partition coefficient (Wildman–Crippen LogP) is 1.55. The summed E-state index contributed by atoms with van der Waals surface area (Å²) in [4.78, 5) is 11.0. The van der Waals surface area contributed by atoms with Crippen LogP contribution in [0.1, 0.15) is 24.3 Å². The second-order valence-corrected chi connectivity index (χ2v) is 4.17. The van der Waals surface area contributed by atoms with Crippen molar-refractivity contribution in [2.45, 2.75) is 19.9 Å². The summed E-state index contributed by atoms with van der Waals surface area (Å²) in [5.41, 5.74) is 7.05. The van der Waals surface area contributed by atoms with Crippen molar-refractivity contribution < 1.29 is 4.79 Å². The van der Waals surface area contributed by atoms with Crippen LogP contribution < -0.4 is 11.1 Å². The highest BCUT2D eigenvalue weighted by molar-refractivity contribution is 5.94. The van der Waals surface area contributed by atoms with Crippen LogP contribution in [-0.4, -0.2) is 22.1 Å². The van der Waals surface area contributed by atoms with Crippen LogP contribution in [-0.2, 0) is 0 Å². The van der Waals surface area contributed by atoms with Crippen LogP contribution in [0, 0.1) is 0 Å². The molecule has 0 saturated carbocycles. The first-order valence-electron chi connectivity index (χ1n) is 5.40. The smallest absolute Gasteiger partial charge is 0.269 e. The summed E-state index contributed by atoms with van der Waals surface area (Å²) < 4.78 is 0. The molecule has 0 atom stereocenters. The van der Waals surface area contributed by atoms with Crippen molar-refractivity contribution in [2.75, 3.05) is 5.32 Å². The quantitative estimate of drug-likeness (QED) is 0.838. The first kappa shape index (κ1) is 11.3. The van der Waals surface area contributed by atoms with E-state index in [1.54, 1.807) is 6.07 Å². The zero-order valence-electron chi connectivity index (χ0n) is 9.77. The van der Waals surface area contributed by atoms with E-state index in [2.05, 4.69) is 29.4 Å². The number of carbonyl (C=O) groups excluding carboxylic acids is 1. The molecular weight excluding hydrogens is 216 g/mol. The van der Waals surface area contributed by atoms with Gasteiger partial charge < -0.3 is 11.1 Å². The molecule has 2 rings (SSSR count). The number of fused-ring (bicyclic) bond motifs is 1. The average Bonchev–Trinajstić information content (AvgIpc) is 2.27. The lowest BCUT2D eigenvalue weighted by Gasteiger charge is -2.10. The molecule has 17 heavy (non-hydrogen) atoms. The Hall–Kier alpha value is -2.17. The first-order valence-corrected chi connectivity index (χ1v) is 5.40. The number of benzene rings is 1. The van der Waals surface area contributed by atoms with Gasteiger partial charge in [-0.05, 0) is 32.0 Å². The molecule has 88 valence electrons. The third-order valence-corrected chi connectivity index (χ3v) is 2.30. The van der Waals surface area contributed by atoms with Crippen LogP contribution in [0.15, 0.2) is 24.3 Å². The van der Waals surface area contributed by atoms with Gasteiger partial charge in [-0.25, -0.2) is 0 Å². The zero-order chi connectivity index (χ0) is 12.4. The molecule has 0 spiro atoms. The van der Waals surface area contributed by atoms with Crippen LogP contribution in [0.25, 0.3) is 10.9 Å². The number of nitrogens with zero attached hydrogens (tertiary/aromatic N) is 2. The predicted molar refractivity (Wildman–Crippen MR) is 66.8 cm³/mol. The summed E-state index contributed by atoms with van der Waals surface area (Å²) >= 11 is 0. The average molecular weight is 230 g/mol. The topological polar surface area (TPSA) is 80.9 Å². The van der Waals surface area contributed by atoms with Crippen molar-refractivity contribution >= 4 is 22.5 Å². The van der Waals surface area contributed by atoms with Gasteiger partial charge in [0.2, 0.25) is 0 Å². The van der Waals surface area contributed by atoms with Gasteiger partial charge in [0, 0.05) is 17.1 Å². The van der Waals surface area contributed by atoms with Crippen molar-refractivity contribution in [2.24, 2.45) is 5.73 Å². The van der Waals surface area contributed by atoms with Crippen LogP contribution >= 0.6 is 0 Å². The highest BCUT2D eigenvalue weighted by Crippen LogP contribution is 2.17. The minimum atomic E-state index is -0.566. The number of primary amides is 1. The van der Waals surface area contributed by atoms with Crippen molar-refractivity contribution in [3.8, 4) is 0 Å². The maximum atomic E-state index is 11.0. The number of anilines is 1. The molecule has 0 bridgehead atoms. The highest BCUT2D eigenvalue weighted by Gasteiger charge is 2.05. The molecule has 0 aliphatic carbocycles. The molecule has 5 heteroatoms. The number of carbonyl (C=O) groups is 1. The summed E-state index contributed by atoms with van der Waals surface area (Å²) in [6.07, 6.45) is 0. The molecule has 1 aromatic heterocycles. The normalized spacial score (nSPS) is 10.8. The number of hydrogen-bond acceptors (Lipinski definition) is 4. The SMILES string of the molecule is CC(C)Nc1ccc2cc(C(N)=O)nnc2c1. The Labute approximate surface area is 99.0 Å². The fourth-order valence-electron chi connectivity index (χ4n) is 1.58. The molecule has 5 nitrogen and oxygen atoms in total. The number of hydrogen-bond donors (Lipinski definition) is 2. The molecule has 0 fully saturated rings. The maximum Gasteiger partial charge on any atom is 0.269 e. The molecule has 1 amide bonds. The molecular formula is C12H14N4O. The van der Waals surface area contributed by atoms with Crippen LogP contribution in [0.2, 0.25) is 0 Å². The number of rotatable bonds is 3. The van der Waals surface area contributed by atoms with Crippen LogP contribution in [0.4, 0.5) is 5.69 Å². The zero-order valence-corrected chi connectivity index (χ0v) is 9.77. The third kappa shape index (κ3) is 2.50. The Morgan fingerprint density at radius 2 is 2.06 bits per heavy atom. The molecule has 0 radical (unpaired) electrons. The van der Waals surface area contributed by atoms with Gasteiger partial charge in [0.1, 0.15) is 0 Å². The summed E-state index contributed by atoms with van der Waals surface area (Å²) in [5, 5.41) is 11.9. The van der Waals surface area contributed by atoms with Crippen LogP contribution in [0.3, 0.4) is 0 Å². The Balaban J connectivity index is 2.43. The van der Waals surface area contributed by atoms with E-state index < -0.39 is 5.91 Å². The third-order valence-electron chi connectivity index (χ3n) is 2.30. The number of nitrogens with one attached hydrogen (secondary N) is 1. The minimum Gasteiger partial charge on any atom is -0.383 e. The van der Waals surface area contributed by atoms with Gasteiger partial charge in [-0.2, -0.15) is 0 Å². The number of amides is 1. The van der Waals surface area contributed by atoms with Crippen molar-refractivity contribution in [1.82, 2.24) is 10.2 Å². The molecule has 0 unspecified atom stereocenters. The van der Waals surface area contributed by atoms with Gasteiger partial charge in [0.05, 0.1) is 5.52 Å². The van der Waals surface area contributed by atoms with E-state index in [-0.39, 0.29) is 5.69 Å². The molecule has 3 N–H and O–H groups in total. The highest BCUT2D eigenvalue weighted by atomic mass is 16.1. The molecule has 1 aromatic carbocycles. The lowest BCUT2D eigenvalue weighted by Crippen LogP contribution is -2.13. The second kappa shape index (κ2) is 4.37. The van der Waals surface area contributed by atoms with Gasteiger partial charge in [0.25, 0.3) is 5.91 Å². The molecule has 1 heterocycles. The summed E-state index contributed by atoms with van der Waals surface area (Å²) in [5.74, 6) is -0.566.